The molecule has 0 saturated heterocycles. The van der Waals surface area contributed by atoms with Crippen molar-refractivity contribution in [2.45, 2.75) is 37.4 Å². The van der Waals surface area contributed by atoms with Gasteiger partial charge in [0.05, 0.1) is 12.7 Å². The molecule has 1 aliphatic heterocycles. The zero-order chi connectivity index (χ0) is 15.9. The average Bonchev–Trinajstić information content (AvgIpc) is 3.02. The lowest BCUT2D eigenvalue weighted by Crippen LogP contribution is -2.49. The topological polar surface area (TPSA) is 49.3 Å². The number of nitrogens with zero attached hydrogens (tertiary/aromatic N) is 4. The van der Waals surface area contributed by atoms with Gasteiger partial charge in [-0.3, -0.25) is 4.79 Å². The van der Waals surface area contributed by atoms with Gasteiger partial charge in [0, 0.05) is 13.1 Å². The predicted molar refractivity (Wildman–Crippen MR) is 84.1 cm³/mol. The Bertz CT molecular complexity index is 620. The van der Waals surface area contributed by atoms with Crippen LogP contribution in [0.1, 0.15) is 25.7 Å². The highest BCUT2D eigenvalue weighted by Gasteiger charge is 2.46. The van der Waals surface area contributed by atoms with E-state index in [0.717, 1.165) is 31.8 Å². The first kappa shape index (κ1) is 15.2. The van der Waals surface area contributed by atoms with E-state index in [-0.39, 0.29) is 17.9 Å². The summed E-state index contributed by atoms with van der Waals surface area (Å²) in [5.74, 6) is -0.140. The molecule has 2 heterocycles. The lowest BCUT2D eigenvalue weighted by molar-refractivity contribution is -0.126. The Morgan fingerprint density at radius 2 is 2.18 bits per heavy atom. The van der Waals surface area contributed by atoms with Gasteiger partial charge in [-0.05, 0) is 30.5 Å². The summed E-state index contributed by atoms with van der Waals surface area (Å²) < 4.78 is 15.1. The molecule has 2 aliphatic rings. The SMILES string of the molecule is C=CC1(F)CN(C2CCCC2)c2nc(Cl)ncc2N(C)C1=O. The van der Waals surface area contributed by atoms with Gasteiger partial charge < -0.3 is 9.80 Å². The van der Waals surface area contributed by atoms with E-state index in [4.69, 9.17) is 11.6 Å². The first-order valence-electron chi connectivity index (χ1n) is 7.36. The standard InChI is InChI=1S/C15H18ClFN4O/c1-3-15(17)9-21(10-6-4-5-7-10)12-11(20(2)13(15)22)8-18-14(16)19-12/h3,8,10H,1,4-7,9H2,2H3. The molecule has 5 nitrogen and oxygen atoms in total. The molecule has 1 unspecified atom stereocenters. The van der Waals surface area contributed by atoms with Crippen molar-refractivity contribution in [2.24, 2.45) is 0 Å². The van der Waals surface area contributed by atoms with Crippen molar-refractivity contribution in [3.63, 3.8) is 0 Å². The third-order valence-corrected chi connectivity index (χ3v) is 4.69. The van der Waals surface area contributed by atoms with Gasteiger partial charge in [-0.1, -0.05) is 19.4 Å². The van der Waals surface area contributed by atoms with Crippen molar-refractivity contribution in [1.29, 1.82) is 0 Å². The van der Waals surface area contributed by atoms with Crippen LogP contribution in [0.3, 0.4) is 0 Å². The molecular formula is C15H18ClFN4O. The molecule has 3 rings (SSSR count). The minimum absolute atomic E-state index is 0.0903. The predicted octanol–water partition coefficient (Wildman–Crippen LogP) is 2.75. The van der Waals surface area contributed by atoms with Crippen molar-refractivity contribution in [3.8, 4) is 0 Å². The second-order valence-electron chi connectivity index (χ2n) is 5.84. The first-order chi connectivity index (χ1) is 10.5. The normalized spacial score (nSPS) is 26.0. The van der Waals surface area contributed by atoms with Gasteiger partial charge in [0.2, 0.25) is 11.0 Å². The molecule has 1 fully saturated rings. The Kier molecular flexibility index (Phi) is 3.80. The monoisotopic (exact) mass is 324 g/mol. The summed E-state index contributed by atoms with van der Waals surface area (Å²) in [7, 11) is 1.52. The molecule has 1 amide bonds. The molecule has 118 valence electrons. The summed E-state index contributed by atoms with van der Waals surface area (Å²) in [5, 5.41) is 0.0903. The van der Waals surface area contributed by atoms with Crippen LogP contribution >= 0.6 is 11.6 Å². The molecule has 0 bridgehead atoms. The van der Waals surface area contributed by atoms with Crippen LogP contribution in [0.15, 0.2) is 18.9 Å². The van der Waals surface area contributed by atoms with Gasteiger partial charge in [-0.2, -0.15) is 4.98 Å². The van der Waals surface area contributed by atoms with E-state index in [1.54, 1.807) is 0 Å². The fraction of sp³-hybridized carbons (Fsp3) is 0.533. The van der Waals surface area contributed by atoms with Crippen molar-refractivity contribution in [1.82, 2.24) is 9.97 Å². The second kappa shape index (κ2) is 5.50. The molecule has 1 atom stereocenters. The number of aromatic nitrogens is 2. The number of anilines is 2. The minimum atomic E-state index is -2.15. The molecular weight excluding hydrogens is 307 g/mol. The summed E-state index contributed by atoms with van der Waals surface area (Å²) in [5.41, 5.74) is -1.67. The van der Waals surface area contributed by atoms with Crippen LogP contribution in [0, 0.1) is 0 Å². The number of hydrogen-bond donors (Lipinski definition) is 0. The number of alkyl halides is 1. The Hall–Kier alpha value is -1.69. The third kappa shape index (κ3) is 2.35. The van der Waals surface area contributed by atoms with Crippen LogP contribution in [0.4, 0.5) is 15.9 Å². The first-order valence-corrected chi connectivity index (χ1v) is 7.74. The summed E-state index contributed by atoms with van der Waals surface area (Å²) in [6.07, 6.45) is 6.63. The van der Waals surface area contributed by atoms with Crippen LogP contribution in [0.2, 0.25) is 5.28 Å². The molecule has 7 heteroatoms. The van der Waals surface area contributed by atoms with E-state index >= 15 is 4.39 Å². The Morgan fingerprint density at radius 1 is 1.50 bits per heavy atom. The molecule has 1 aromatic rings. The van der Waals surface area contributed by atoms with Gasteiger partial charge in [0.25, 0.3) is 5.91 Å². The number of halogens is 2. The fourth-order valence-electron chi connectivity index (χ4n) is 3.24. The van der Waals surface area contributed by atoms with E-state index < -0.39 is 11.6 Å². The number of carbonyl (C=O) groups excluding carboxylic acids is 1. The number of rotatable bonds is 2. The molecule has 0 spiro atoms. The van der Waals surface area contributed by atoms with Crippen LogP contribution < -0.4 is 9.80 Å². The van der Waals surface area contributed by atoms with E-state index in [2.05, 4.69) is 16.5 Å². The highest BCUT2D eigenvalue weighted by atomic mass is 35.5. The molecule has 1 saturated carbocycles. The quantitative estimate of drug-likeness (QED) is 0.620. The molecule has 1 aromatic heterocycles. The van der Waals surface area contributed by atoms with Crippen molar-refractivity contribution in [3.05, 3.63) is 24.1 Å². The third-order valence-electron chi connectivity index (χ3n) is 4.50. The highest BCUT2D eigenvalue weighted by Crippen LogP contribution is 2.39. The molecule has 0 N–H and O–H groups in total. The fourth-order valence-corrected chi connectivity index (χ4v) is 3.37. The lowest BCUT2D eigenvalue weighted by Gasteiger charge is -2.32. The molecule has 1 aliphatic carbocycles. The summed E-state index contributed by atoms with van der Waals surface area (Å²) in [6, 6.07) is 0.152. The van der Waals surface area contributed by atoms with Gasteiger partial charge in [-0.15, -0.1) is 0 Å². The number of amides is 1. The van der Waals surface area contributed by atoms with E-state index in [1.807, 2.05) is 4.90 Å². The number of hydrogen-bond acceptors (Lipinski definition) is 4. The van der Waals surface area contributed by atoms with Crippen molar-refractivity contribution >= 4 is 29.0 Å². The van der Waals surface area contributed by atoms with Gasteiger partial charge >= 0.3 is 0 Å². The maximum Gasteiger partial charge on any atom is 0.270 e. The zero-order valence-electron chi connectivity index (χ0n) is 12.4. The second-order valence-corrected chi connectivity index (χ2v) is 6.18. The zero-order valence-corrected chi connectivity index (χ0v) is 13.2. The highest BCUT2D eigenvalue weighted by molar-refractivity contribution is 6.28. The van der Waals surface area contributed by atoms with Gasteiger partial charge in [-0.25, -0.2) is 9.37 Å². The van der Waals surface area contributed by atoms with Crippen LogP contribution in [-0.4, -0.2) is 41.2 Å². The molecule has 0 aromatic carbocycles. The van der Waals surface area contributed by atoms with Gasteiger partial charge in [0.15, 0.2) is 5.82 Å². The summed E-state index contributed by atoms with van der Waals surface area (Å²) in [4.78, 5) is 23.8. The van der Waals surface area contributed by atoms with Gasteiger partial charge in [0.1, 0.15) is 5.69 Å². The maximum absolute atomic E-state index is 15.1. The van der Waals surface area contributed by atoms with Crippen LogP contribution in [0.25, 0.3) is 0 Å². The van der Waals surface area contributed by atoms with E-state index in [9.17, 15) is 4.79 Å². The molecule has 22 heavy (non-hydrogen) atoms. The maximum atomic E-state index is 15.1. The molecule has 0 radical (unpaired) electrons. The largest absolute Gasteiger partial charge is 0.348 e. The van der Waals surface area contributed by atoms with Crippen molar-refractivity contribution in [2.75, 3.05) is 23.4 Å². The Morgan fingerprint density at radius 3 is 2.82 bits per heavy atom. The van der Waals surface area contributed by atoms with Crippen molar-refractivity contribution < 1.29 is 9.18 Å². The van der Waals surface area contributed by atoms with E-state index in [0.29, 0.717) is 11.5 Å². The average molecular weight is 325 g/mol. The lowest BCUT2D eigenvalue weighted by atomic mass is 10.0. The number of fused-ring (bicyclic) bond motifs is 1. The summed E-state index contributed by atoms with van der Waals surface area (Å²) >= 11 is 5.92. The van der Waals surface area contributed by atoms with Crippen LogP contribution in [-0.2, 0) is 4.79 Å². The van der Waals surface area contributed by atoms with E-state index in [1.165, 1.54) is 18.1 Å². The Balaban J connectivity index is 2.14. The summed E-state index contributed by atoms with van der Waals surface area (Å²) in [6.45, 7) is 3.42. The van der Waals surface area contributed by atoms with Crippen LogP contribution in [0.5, 0.6) is 0 Å². The number of carbonyl (C=O) groups is 1. The Labute approximate surface area is 133 Å². The smallest absolute Gasteiger partial charge is 0.270 e. The minimum Gasteiger partial charge on any atom is -0.348 e.